The lowest BCUT2D eigenvalue weighted by Gasteiger charge is -2.28. The molecule has 1 aliphatic rings. The minimum absolute atomic E-state index is 0.0559. The minimum atomic E-state index is -4.54. The van der Waals surface area contributed by atoms with Gasteiger partial charge in [-0.3, -0.25) is 9.47 Å². The van der Waals surface area contributed by atoms with E-state index in [1.54, 1.807) is 42.2 Å². The Morgan fingerprint density at radius 1 is 1.00 bits per heavy atom. The summed E-state index contributed by atoms with van der Waals surface area (Å²) in [5, 5.41) is 11.3. The molecule has 1 aliphatic heterocycles. The Labute approximate surface area is 216 Å². The number of hydrogen-bond donors (Lipinski definition) is 4. The molecule has 10 nitrogen and oxygen atoms in total. The summed E-state index contributed by atoms with van der Waals surface area (Å²) in [5.41, 5.74) is 1.94. The Bertz CT molecular complexity index is 1430. The van der Waals surface area contributed by atoms with Crippen molar-refractivity contribution in [3.05, 3.63) is 66.2 Å². The van der Waals surface area contributed by atoms with Crippen LogP contribution in [0.4, 0.5) is 35.2 Å². The van der Waals surface area contributed by atoms with E-state index in [-0.39, 0.29) is 17.8 Å². The molecule has 0 radical (unpaired) electrons. The Hall–Kier alpha value is -4.23. The fraction of sp³-hybridized carbons (Fsp3) is 0.280. The van der Waals surface area contributed by atoms with Gasteiger partial charge in [0.05, 0.1) is 5.56 Å². The monoisotopic (exact) mass is 525 g/mol. The highest BCUT2D eigenvalue weighted by Gasteiger charge is 2.34. The Balaban J connectivity index is 1.27. The predicted molar refractivity (Wildman–Crippen MR) is 138 cm³/mol. The maximum Gasteiger partial charge on any atom is 0.416 e. The molecule has 2 aromatic heterocycles. The first-order chi connectivity index (χ1) is 18.3. The molecule has 0 spiro atoms. The topological polar surface area (TPSA) is 112 Å². The van der Waals surface area contributed by atoms with E-state index >= 15 is 0 Å². The lowest BCUT2D eigenvalue weighted by molar-refractivity contribution is -0.138. The van der Waals surface area contributed by atoms with Crippen molar-refractivity contribution < 1.29 is 18.0 Å². The molecule has 38 heavy (non-hydrogen) atoms. The molecule has 0 aliphatic carbocycles. The summed E-state index contributed by atoms with van der Waals surface area (Å²) in [6, 6.07) is 10.1. The van der Waals surface area contributed by atoms with Gasteiger partial charge < -0.3 is 21.3 Å². The number of imidazole rings is 1. The van der Waals surface area contributed by atoms with E-state index in [4.69, 9.17) is 0 Å². The average Bonchev–Trinajstić information content (AvgIpc) is 3.34. The van der Waals surface area contributed by atoms with E-state index in [1.165, 1.54) is 18.5 Å². The van der Waals surface area contributed by atoms with Crippen LogP contribution < -0.4 is 21.3 Å². The van der Waals surface area contributed by atoms with Crippen molar-refractivity contribution in [1.82, 2.24) is 29.7 Å². The molecule has 0 saturated carbocycles. The highest BCUT2D eigenvalue weighted by Crippen LogP contribution is 2.34. The molecule has 4 N–H and O–H groups in total. The second-order valence-electron chi connectivity index (χ2n) is 8.78. The number of carbonyl (C=O) groups is 1. The van der Waals surface area contributed by atoms with Crippen molar-refractivity contribution in [3.63, 3.8) is 0 Å². The summed E-state index contributed by atoms with van der Waals surface area (Å²) in [7, 11) is 1.75. The van der Waals surface area contributed by atoms with Crippen LogP contribution in [0.15, 0.2) is 55.1 Å². The summed E-state index contributed by atoms with van der Waals surface area (Å²) in [6.45, 7) is 3.05. The molecule has 5 rings (SSSR count). The number of alkyl halides is 3. The number of urea groups is 1. The molecule has 1 saturated heterocycles. The molecular weight excluding hydrogens is 499 g/mol. The van der Waals surface area contributed by atoms with E-state index in [1.807, 2.05) is 4.90 Å². The lowest BCUT2D eigenvalue weighted by atomic mass is 10.0. The summed E-state index contributed by atoms with van der Waals surface area (Å²) in [4.78, 5) is 27.3. The third kappa shape index (κ3) is 5.53. The van der Waals surface area contributed by atoms with Gasteiger partial charge in [0.1, 0.15) is 12.7 Å². The van der Waals surface area contributed by atoms with Crippen LogP contribution in [0.1, 0.15) is 11.1 Å². The standard InChI is InChI=1S/C25H26F3N9O/c1-29-22-21-23(32-14-31-22)37(15-33-21)19-6-4-17(5-7-19)34-24(38)35-18-3-2-16(20(12-18)25(26,27)28)13-36-10-8-30-9-11-36/h2-7,12,14-15,30H,8-11,13H2,1H3,(H,29,31,32)(H2,34,35,38). The van der Waals surface area contributed by atoms with Gasteiger partial charge in [-0.15, -0.1) is 0 Å². The van der Waals surface area contributed by atoms with Crippen LogP contribution >= 0.6 is 0 Å². The fourth-order valence-corrected chi connectivity index (χ4v) is 4.37. The summed E-state index contributed by atoms with van der Waals surface area (Å²) >= 11 is 0. The van der Waals surface area contributed by atoms with E-state index in [9.17, 15) is 18.0 Å². The molecule has 0 bridgehead atoms. The molecule has 2 amide bonds. The number of nitrogens with one attached hydrogen (secondary N) is 4. The lowest BCUT2D eigenvalue weighted by Crippen LogP contribution is -2.43. The van der Waals surface area contributed by atoms with Gasteiger partial charge in [0.2, 0.25) is 0 Å². The van der Waals surface area contributed by atoms with Gasteiger partial charge in [-0.2, -0.15) is 13.2 Å². The minimum Gasteiger partial charge on any atom is -0.371 e. The Morgan fingerprint density at radius 3 is 2.42 bits per heavy atom. The van der Waals surface area contributed by atoms with E-state index in [0.29, 0.717) is 35.8 Å². The number of carbonyl (C=O) groups excluding carboxylic acids is 1. The van der Waals surface area contributed by atoms with Gasteiger partial charge in [0, 0.05) is 56.8 Å². The molecule has 4 aromatic rings. The summed E-state index contributed by atoms with van der Waals surface area (Å²) < 4.78 is 43.1. The van der Waals surface area contributed by atoms with E-state index in [0.717, 1.165) is 24.8 Å². The number of fused-ring (bicyclic) bond motifs is 1. The average molecular weight is 526 g/mol. The highest BCUT2D eigenvalue weighted by atomic mass is 19.4. The van der Waals surface area contributed by atoms with Crippen LogP contribution in [0.3, 0.4) is 0 Å². The van der Waals surface area contributed by atoms with Crippen LogP contribution in [0.25, 0.3) is 16.9 Å². The Kier molecular flexibility index (Phi) is 7.11. The Morgan fingerprint density at radius 2 is 1.71 bits per heavy atom. The van der Waals surface area contributed by atoms with Crippen molar-refractivity contribution in [2.75, 3.05) is 49.2 Å². The maximum atomic E-state index is 13.8. The number of piperazine rings is 1. The van der Waals surface area contributed by atoms with E-state index in [2.05, 4.69) is 36.2 Å². The van der Waals surface area contributed by atoms with Crippen molar-refractivity contribution in [2.24, 2.45) is 0 Å². The second kappa shape index (κ2) is 10.6. The van der Waals surface area contributed by atoms with Gasteiger partial charge in [-0.05, 0) is 42.0 Å². The van der Waals surface area contributed by atoms with Crippen LogP contribution in [0.5, 0.6) is 0 Å². The number of hydrogen-bond acceptors (Lipinski definition) is 7. The number of aromatic nitrogens is 4. The van der Waals surface area contributed by atoms with Crippen molar-refractivity contribution in [1.29, 1.82) is 0 Å². The fourth-order valence-electron chi connectivity index (χ4n) is 4.37. The molecule has 1 fully saturated rings. The number of nitrogens with zero attached hydrogens (tertiary/aromatic N) is 5. The van der Waals surface area contributed by atoms with Crippen LogP contribution in [0, 0.1) is 0 Å². The van der Waals surface area contributed by atoms with Crippen molar-refractivity contribution in [3.8, 4) is 5.69 Å². The zero-order valence-corrected chi connectivity index (χ0v) is 20.5. The maximum absolute atomic E-state index is 13.8. The third-order valence-corrected chi connectivity index (χ3v) is 6.25. The van der Waals surface area contributed by atoms with Crippen molar-refractivity contribution >= 4 is 34.4 Å². The SMILES string of the molecule is CNc1ncnc2c1ncn2-c1ccc(NC(=O)Nc2ccc(CN3CCNCC3)c(C(F)(F)F)c2)cc1. The van der Waals surface area contributed by atoms with E-state index < -0.39 is 17.8 Å². The van der Waals surface area contributed by atoms with Gasteiger partial charge in [0.15, 0.2) is 17.0 Å². The number of amides is 2. The quantitative estimate of drug-likeness (QED) is 0.302. The second-order valence-corrected chi connectivity index (χ2v) is 8.78. The first kappa shape index (κ1) is 25.4. The normalized spacial score (nSPS) is 14.4. The molecule has 0 unspecified atom stereocenters. The third-order valence-electron chi connectivity index (χ3n) is 6.25. The largest absolute Gasteiger partial charge is 0.416 e. The van der Waals surface area contributed by atoms with Crippen LogP contribution in [0.2, 0.25) is 0 Å². The van der Waals surface area contributed by atoms with Gasteiger partial charge >= 0.3 is 12.2 Å². The predicted octanol–water partition coefficient (Wildman–Crippen LogP) is 3.93. The van der Waals surface area contributed by atoms with Crippen LogP contribution in [-0.4, -0.2) is 63.7 Å². The molecular formula is C25H26F3N9O. The molecule has 13 heteroatoms. The highest BCUT2D eigenvalue weighted by molar-refractivity contribution is 5.99. The summed E-state index contributed by atoms with van der Waals surface area (Å²) in [5.74, 6) is 0.606. The summed E-state index contributed by atoms with van der Waals surface area (Å²) in [6.07, 6.45) is -1.47. The zero-order chi connectivity index (χ0) is 26.7. The van der Waals surface area contributed by atoms with Gasteiger partial charge in [-0.1, -0.05) is 6.07 Å². The first-order valence-corrected chi connectivity index (χ1v) is 12.0. The van der Waals surface area contributed by atoms with Gasteiger partial charge in [-0.25, -0.2) is 19.7 Å². The van der Waals surface area contributed by atoms with Crippen molar-refractivity contribution in [2.45, 2.75) is 12.7 Å². The van der Waals surface area contributed by atoms with Gasteiger partial charge in [0.25, 0.3) is 0 Å². The smallest absolute Gasteiger partial charge is 0.371 e. The number of rotatable bonds is 6. The molecule has 198 valence electrons. The number of halogens is 3. The molecule has 3 heterocycles. The first-order valence-electron chi connectivity index (χ1n) is 12.0. The molecule has 0 atom stereocenters. The number of anilines is 3. The molecule has 2 aromatic carbocycles. The zero-order valence-electron chi connectivity index (χ0n) is 20.5. The number of benzene rings is 2. The van der Waals surface area contributed by atoms with Crippen LogP contribution in [-0.2, 0) is 12.7 Å².